The molecular formula is C18H18N2O5. The Kier molecular flexibility index (Phi) is 6.11. The first kappa shape index (κ1) is 18.0. The number of hydrogen-bond acceptors (Lipinski definition) is 5. The number of urea groups is 1. The first-order valence-electron chi connectivity index (χ1n) is 7.58. The van der Waals surface area contributed by atoms with E-state index in [1.807, 2.05) is 30.3 Å². The first-order valence-corrected chi connectivity index (χ1v) is 7.58. The van der Waals surface area contributed by atoms with E-state index in [9.17, 15) is 19.5 Å². The van der Waals surface area contributed by atoms with Crippen LogP contribution in [0.5, 0.6) is 5.75 Å². The van der Waals surface area contributed by atoms with Crippen molar-refractivity contribution in [3.63, 3.8) is 0 Å². The van der Waals surface area contributed by atoms with Crippen LogP contribution in [0, 0.1) is 0 Å². The monoisotopic (exact) mass is 342 g/mol. The highest BCUT2D eigenvalue weighted by atomic mass is 16.5. The number of carbonyl (C=O) groups excluding carboxylic acids is 3. The van der Waals surface area contributed by atoms with E-state index < -0.39 is 24.0 Å². The minimum atomic E-state index is -1.17. The van der Waals surface area contributed by atoms with Crippen LogP contribution in [0.15, 0.2) is 54.6 Å². The van der Waals surface area contributed by atoms with E-state index in [1.54, 1.807) is 0 Å². The molecule has 0 spiro atoms. The highest BCUT2D eigenvalue weighted by Gasteiger charge is 2.20. The smallest absolute Gasteiger partial charge is 0.339 e. The number of aromatic hydroxyl groups is 1. The maximum Gasteiger partial charge on any atom is 0.339 e. The maximum absolute atomic E-state index is 11.9. The Morgan fingerprint density at radius 2 is 1.80 bits per heavy atom. The van der Waals surface area contributed by atoms with Crippen LogP contribution in [-0.4, -0.2) is 29.1 Å². The molecule has 0 radical (unpaired) electrons. The molecule has 0 aromatic heterocycles. The van der Waals surface area contributed by atoms with Crippen molar-refractivity contribution in [1.29, 1.82) is 0 Å². The van der Waals surface area contributed by atoms with E-state index in [2.05, 4.69) is 10.6 Å². The number of rotatable bonds is 5. The minimum Gasteiger partial charge on any atom is -0.508 e. The largest absolute Gasteiger partial charge is 0.508 e. The van der Waals surface area contributed by atoms with Gasteiger partial charge >= 0.3 is 12.0 Å². The van der Waals surface area contributed by atoms with Gasteiger partial charge in [0.2, 0.25) is 0 Å². The highest BCUT2D eigenvalue weighted by Crippen LogP contribution is 2.12. The van der Waals surface area contributed by atoms with Crippen LogP contribution in [0.4, 0.5) is 4.79 Å². The molecule has 3 N–H and O–H groups in total. The molecule has 0 unspecified atom stereocenters. The second kappa shape index (κ2) is 8.49. The molecule has 0 aliphatic carbocycles. The van der Waals surface area contributed by atoms with Crippen LogP contribution in [0.3, 0.4) is 0 Å². The lowest BCUT2D eigenvalue weighted by Crippen LogP contribution is -2.44. The van der Waals surface area contributed by atoms with Gasteiger partial charge in [-0.25, -0.2) is 9.59 Å². The van der Waals surface area contributed by atoms with Gasteiger partial charge in [0, 0.05) is 6.54 Å². The minimum absolute atomic E-state index is 0.0909. The van der Waals surface area contributed by atoms with Crippen molar-refractivity contribution in [2.45, 2.75) is 19.6 Å². The van der Waals surface area contributed by atoms with Crippen molar-refractivity contribution >= 4 is 17.9 Å². The fourth-order valence-corrected chi connectivity index (χ4v) is 1.95. The van der Waals surface area contributed by atoms with E-state index >= 15 is 0 Å². The number of phenols is 1. The molecule has 2 aromatic rings. The Balaban J connectivity index is 1.81. The molecule has 0 aliphatic rings. The van der Waals surface area contributed by atoms with Crippen LogP contribution < -0.4 is 10.6 Å². The first-order chi connectivity index (χ1) is 12.0. The number of amides is 3. The van der Waals surface area contributed by atoms with Crippen LogP contribution in [0.2, 0.25) is 0 Å². The third-order valence-electron chi connectivity index (χ3n) is 3.27. The van der Waals surface area contributed by atoms with Gasteiger partial charge < -0.3 is 15.2 Å². The third kappa shape index (κ3) is 5.65. The number of phenolic OH excluding ortho intramolecular Hbond substituents is 1. The normalized spacial score (nSPS) is 11.2. The molecule has 0 saturated heterocycles. The van der Waals surface area contributed by atoms with Crippen LogP contribution >= 0.6 is 0 Å². The maximum atomic E-state index is 11.9. The lowest BCUT2D eigenvalue weighted by molar-refractivity contribution is -0.127. The molecule has 0 heterocycles. The molecule has 25 heavy (non-hydrogen) atoms. The zero-order valence-electron chi connectivity index (χ0n) is 13.6. The van der Waals surface area contributed by atoms with Gasteiger partial charge in [-0.05, 0) is 30.7 Å². The summed E-state index contributed by atoms with van der Waals surface area (Å²) in [6.07, 6.45) is -1.17. The Morgan fingerprint density at radius 1 is 1.08 bits per heavy atom. The zero-order chi connectivity index (χ0) is 18.2. The predicted octanol–water partition coefficient (Wildman–Crippen LogP) is 1.96. The highest BCUT2D eigenvalue weighted by molar-refractivity contribution is 5.98. The molecule has 130 valence electrons. The van der Waals surface area contributed by atoms with Gasteiger partial charge in [-0.3, -0.25) is 10.1 Å². The van der Waals surface area contributed by atoms with Crippen LogP contribution in [0.1, 0.15) is 22.8 Å². The molecule has 2 rings (SSSR count). The lowest BCUT2D eigenvalue weighted by atomic mass is 10.2. The molecule has 2 aromatic carbocycles. The standard InChI is InChI=1S/C18H18N2O5/c1-12(25-17(23)14-8-5-9-15(21)10-14)16(22)20-18(24)19-11-13-6-3-2-4-7-13/h2-10,12,21H,11H2,1H3,(H2,19,20,22,24)/t12-/m0/s1. The fourth-order valence-electron chi connectivity index (χ4n) is 1.95. The summed E-state index contributed by atoms with van der Waals surface area (Å²) in [6, 6.07) is 14.1. The molecule has 3 amide bonds. The number of benzene rings is 2. The van der Waals surface area contributed by atoms with Gasteiger partial charge in [0.05, 0.1) is 5.56 Å². The number of ether oxygens (including phenoxy) is 1. The third-order valence-corrected chi connectivity index (χ3v) is 3.27. The molecule has 0 bridgehead atoms. The van der Waals surface area contributed by atoms with Gasteiger partial charge in [-0.2, -0.15) is 0 Å². The number of imide groups is 1. The summed E-state index contributed by atoms with van der Waals surface area (Å²) in [4.78, 5) is 35.5. The van der Waals surface area contributed by atoms with Gasteiger partial charge in [-0.1, -0.05) is 36.4 Å². The van der Waals surface area contributed by atoms with Crippen molar-refractivity contribution in [2.75, 3.05) is 0 Å². The van der Waals surface area contributed by atoms with Gasteiger partial charge in [0.25, 0.3) is 5.91 Å². The Bertz CT molecular complexity index is 761. The van der Waals surface area contributed by atoms with Crippen molar-refractivity contribution in [2.24, 2.45) is 0 Å². The second-order valence-corrected chi connectivity index (χ2v) is 5.26. The Hall–Kier alpha value is -3.35. The van der Waals surface area contributed by atoms with Crippen LogP contribution in [-0.2, 0) is 16.1 Å². The number of carbonyl (C=O) groups is 3. The quantitative estimate of drug-likeness (QED) is 0.721. The van der Waals surface area contributed by atoms with E-state index in [4.69, 9.17) is 4.74 Å². The SMILES string of the molecule is C[C@H](OC(=O)c1cccc(O)c1)C(=O)NC(=O)NCc1ccccc1. The van der Waals surface area contributed by atoms with E-state index in [0.717, 1.165) is 5.56 Å². The molecule has 0 aliphatic heterocycles. The fraction of sp³-hybridized carbons (Fsp3) is 0.167. The van der Waals surface area contributed by atoms with E-state index in [1.165, 1.54) is 31.2 Å². The molecule has 1 atom stereocenters. The van der Waals surface area contributed by atoms with Gasteiger partial charge in [0.15, 0.2) is 6.10 Å². The summed E-state index contributed by atoms with van der Waals surface area (Å²) >= 11 is 0. The van der Waals surface area contributed by atoms with Gasteiger partial charge in [0.1, 0.15) is 5.75 Å². The van der Waals surface area contributed by atoms with E-state index in [-0.39, 0.29) is 17.9 Å². The van der Waals surface area contributed by atoms with Crippen LogP contribution in [0.25, 0.3) is 0 Å². The van der Waals surface area contributed by atoms with Crippen molar-refractivity contribution in [1.82, 2.24) is 10.6 Å². The Labute approximate surface area is 144 Å². The zero-order valence-corrected chi connectivity index (χ0v) is 13.6. The average molecular weight is 342 g/mol. The molecular weight excluding hydrogens is 324 g/mol. The summed E-state index contributed by atoms with van der Waals surface area (Å²) in [5.74, 6) is -1.62. The summed E-state index contributed by atoms with van der Waals surface area (Å²) in [5, 5.41) is 14.0. The van der Waals surface area contributed by atoms with E-state index in [0.29, 0.717) is 0 Å². The van der Waals surface area contributed by atoms with Crippen molar-refractivity contribution in [3.8, 4) is 5.75 Å². The predicted molar refractivity (Wildman–Crippen MR) is 89.8 cm³/mol. The summed E-state index contributed by atoms with van der Waals surface area (Å²) in [7, 11) is 0. The number of esters is 1. The lowest BCUT2D eigenvalue weighted by Gasteiger charge is -2.13. The Morgan fingerprint density at radius 3 is 2.48 bits per heavy atom. The summed E-state index contributed by atoms with van der Waals surface area (Å²) in [5.41, 5.74) is 0.988. The number of nitrogens with one attached hydrogen (secondary N) is 2. The summed E-state index contributed by atoms with van der Waals surface area (Å²) in [6.45, 7) is 1.61. The second-order valence-electron chi connectivity index (χ2n) is 5.26. The van der Waals surface area contributed by atoms with Crippen molar-refractivity contribution < 1.29 is 24.2 Å². The number of hydrogen-bond donors (Lipinski definition) is 3. The van der Waals surface area contributed by atoms with Gasteiger partial charge in [-0.15, -0.1) is 0 Å². The van der Waals surface area contributed by atoms with Crippen molar-refractivity contribution in [3.05, 3.63) is 65.7 Å². The molecule has 7 nitrogen and oxygen atoms in total. The molecule has 7 heteroatoms. The summed E-state index contributed by atoms with van der Waals surface area (Å²) < 4.78 is 4.97. The average Bonchev–Trinajstić information content (AvgIpc) is 2.60. The molecule has 0 saturated carbocycles. The topological polar surface area (TPSA) is 105 Å². The molecule has 0 fully saturated rings.